The zero-order valence-corrected chi connectivity index (χ0v) is 7.32. The second kappa shape index (κ2) is 3.39. The molecule has 13 heavy (non-hydrogen) atoms. The maximum atomic E-state index is 5.38. The Kier molecular flexibility index (Phi) is 2.08. The lowest BCUT2D eigenvalue weighted by Gasteiger charge is -2.07. The Morgan fingerprint density at radius 3 is 3.08 bits per heavy atom. The third-order valence-electron chi connectivity index (χ3n) is 1.78. The fraction of sp³-hybridized carbons (Fsp3) is 0.200. The van der Waals surface area contributed by atoms with Crippen LogP contribution in [0.1, 0.15) is 0 Å². The van der Waals surface area contributed by atoms with Crippen molar-refractivity contribution in [2.45, 2.75) is 0 Å². The van der Waals surface area contributed by atoms with Gasteiger partial charge in [0.1, 0.15) is 12.4 Å². The zero-order chi connectivity index (χ0) is 9.10. The lowest BCUT2D eigenvalue weighted by molar-refractivity contribution is 0.353. The van der Waals surface area contributed by atoms with Crippen LogP contribution in [0.25, 0.3) is 0 Å². The topological polar surface area (TPSA) is 27.7 Å². The predicted molar refractivity (Wildman–Crippen MR) is 48.3 cm³/mol. The molecule has 0 N–H and O–H groups in total. The minimum absolute atomic E-state index is 0.541. The molecule has 0 saturated carbocycles. The van der Waals surface area contributed by atoms with E-state index >= 15 is 0 Å². The highest BCUT2D eigenvalue weighted by atomic mass is 16.5. The Bertz CT molecular complexity index is 331. The number of fused-ring (bicyclic) bond motifs is 1. The third kappa shape index (κ3) is 1.59. The van der Waals surface area contributed by atoms with Gasteiger partial charge in [-0.15, -0.1) is 0 Å². The van der Waals surface area contributed by atoms with E-state index < -0.39 is 0 Å². The van der Waals surface area contributed by atoms with Crippen LogP contribution in [0.3, 0.4) is 0 Å². The number of rotatable bonds is 1. The Morgan fingerprint density at radius 1 is 1.31 bits per heavy atom. The minimum atomic E-state index is 0.541. The highest BCUT2D eigenvalue weighted by Gasteiger charge is 2.07. The Balaban J connectivity index is 2.37. The van der Waals surface area contributed by atoms with Gasteiger partial charge in [-0.3, -0.25) is 0 Å². The molecule has 1 aliphatic rings. The normalized spacial score (nSPS) is 13.6. The fourth-order valence-corrected chi connectivity index (χ4v) is 1.13. The van der Waals surface area contributed by atoms with Gasteiger partial charge in [-0.2, -0.15) is 0 Å². The minimum Gasteiger partial charge on any atom is -0.497 e. The van der Waals surface area contributed by atoms with Gasteiger partial charge in [0.25, 0.3) is 0 Å². The standard InChI is InChI=1S/C10H10O3/c1-11-8-3-4-9-10(7-8)13-6-2-5-12-9/h2-4,6-7H,5H2,1H3. The van der Waals surface area contributed by atoms with Crippen molar-refractivity contribution in [1.29, 1.82) is 0 Å². The largest absolute Gasteiger partial charge is 0.497 e. The lowest BCUT2D eigenvalue weighted by atomic mass is 10.3. The van der Waals surface area contributed by atoms with Crippen LogP contribution in [0.5, 0.6) is 17.2 Å². The average molecular weight is 178 g/mol. The Morgan fingerprint density at radius 2 is 2.23 bits per heavy atom. The summed E-state index contributed by atoms with van der Waals surface area (Å²) in [6.07, 6.45) is 3.43. The summed E-state index contributed by atoms with van der Waals surface area (Å²) in [5, 5.41) is 0. The van der Waals surface area contributed by atoms with Crippen LogP contribution in [0.15, 0.2) is 30.5 Å². The highest BCUT2D eigenvalue weighted by molar-refractivity contribution is 5.46. The van der Waals surface area contributed by atoms with Crippen LogP contribution in [-0.4, -0.2) is 13.7 Å². The van der Waals surface area contributed by atoms with Crippen molar-refractivity contribution >= 4 is 0 Å². The van der Waals surface area contributed by atoms with Crippen LogP contribution in [0, 0.1) is 0 Å². The molecule has 0 spiro atoms. The summed E-state index contributed by atoms with van der Waals surface area (Å²) in [5.41, 5.74) is 0. The molecule has 0 atom stereocenters. The van der Waals surface area contributed by atoms with Crippen LogP contribution in [-0.2, 0) is 0 Å². The summed E-state index contributed by atoms with van der Waals surface area (Å²) in [5.74, 6) is 2.19. The molecule has 0 fully saturated rings. The van der Waals surface area contributed by atoms with E-state index in [1.807, 2.05) is 18.2 Å². The van der Waals surface area contributed by atoms with Crippen molar-refractivity contribution in [3.8, 4) is 17.2 Å². The number of hydrogen-bond donors (Lipinski definition) is 0. The molecule has 3 nitrogen and oxygen atoms in total. The molecule has 3 heteroatoms. The summed E-state index contributed by atoms with van der Waals surface area (Å²) in [4.78, 5) is 0. The lowest BCUT2D eigenvalue weighted by Crippen LogP contribution is -1.92. The monoisotopic (exact) mass is 178 g/mol. The summed E-state index contributed by atoms with van der Waals surface area (Å²) in [6.45, 7) is 0.541. The quantitative estimate of drug-likeness (QED) is 0.658. The summed E-state index contributed by atoms with van der Waals surface area (Å²) < 4.78 is 15.7. The second-order valence-corrected chi connectivity index (χ2v) is 2.61. The van der Waals surface area contributed by atoms with E-state index in [0.717, 1.165) is 11.5 Å². The summed E-state index contributed by atoms with van der Waals surface area (Å²) in [6, 6.07) is 5.47. The van der Waals surface area contributed by atoms with Crippen molar-refractivity contribution in [1.82, 2.24) is 0 Å². The molecule has 1 aromatic carbocycles. The van der Waals surface area contributed by atoms with Gasteiger partial charge < -0.3 is 14.2 Å². The SMILES string of the molecule is COc1ccc2c(c1)OC=CCO2. The Labute approximate surface area is 76.5 Å². The molecule has 1 aromatic rings. The van der Waals surface area contributed by atoms with Crippen molar-refractivity contribution in [3.63, 3.8) is 0 Å². The van der Waals surface area contributed by atoms with E-state index in [9.17, 15) is 0 Å². The molecule has 1 heterocycles. The molecule has 0 saturated heterocycles. The van der Waals surface area contributed by atoms with Gasteiger partial charge >= 0.3 is 0 Å². The smallest absolute Gasteiger partial charge is 0.172 e. The molecule has 0 radical (unpaired) electrons. The first kappa shape index (κ1) is 7.98. The number of benzene rings is 1. The number of methoxy groups -OCH3 is 1. The van der Waals surface area contributed by atoms with Gasteiger partial charge in [-0.05, 0) is 18.2 Å². The van der Waals surface area contributed by atoms with E-state index in [-0.39, 0.29) is 0 Å². The molecule has 0 amide bonds. The molecule has 0 aromatic heterocycles. The molecule has 68 valence electrons. The van der Waals surface area contributed by atoms with E-state index in [2.05, 4.69) is 0 Å². The molecule has 0 unspecified atom stereocenters. The fourth-order valence-electron chi connectivity index (χ4n) is 1.13. The number of ether oxygens (including phenoxy) is 3. The van der Waals surface area contributed by atoms with Gasteiger partial charge in [0.2, 0.25) is 0 Å². The van der Waals surface area contributed by atoms with Gasteiger partial charge in [0, 0.05) is 6.07 Å². The maximum Gasteiger partial charge on any atom is 0.172 e. The second-order valence-electron chi connectivity index (χ2n) is 2.61. The molecular weight excluding hydrogens is 168 g/mol. The van der Waals surface area contributed by atoms with Crippen LogP contribution < -0.4 is 14.2 Å². The van der Waals surface area contributed by atoms with Crippen molar-refractivity contribution < 1.29 is 14.2 Å². The van der Waals surface area contributed by atoms with Gasteiger partial charge in [-0.25, -0.2) is 0 Å². The number of hydrogen-bond acceptors (Lipinski definition) is 3. The van der Waals surface area contributed by atoms with Crippen molar-refractivity contribution in [2.75, 3.05) is 13.7 Å². The van der Waals surface area contributed by atoms with Gasteiger partial charge in [0.15, 0.2) is 11.5 Å². The maximum absolute atomic E-state index is 5.38. The van der Waals surface area contributed by atoms with E-state index in [0.29, 0.717) is 12.4 Å². The third-order valence-corrected chi connectivity index (χ3v) is 1.78. The molecular formula is C10H10O3. The van der Waals surface area contributed by atoms with E-state index in [4.69, 9.17) is 14.2 Å². The summed E-state index contributed by atoms with van der Waals surface area (Å²) in [7, 11) is 1.62. The zero-order valence-electron chi connectivity index (χ0n) is 7.32. The highest BCUT2D eigenvalue weighted by Crippen LogP contribution is 2.32. The van der Waals surface area contributed by atoms with Crippen molar-refractivity contribution in [2.24, 2.45) is 0 Å². The van der Waals surface area contributed by atoms with E-state index in [1.165, 1.54) is 0 Å². The molecule has 0 aliphatic carbocycles. The first-order valence-electron chi connectivity index (χ1n) is 4.02. The van der Waals surface area contributed by atoms with Crippen molar-refractivity contribution in [3.05, 3.63) is 30.5 Å². The molecule has 2 rings (SSSR count). The van der Waals surface area contributed by atoms with Gasteiger partial charge in [0.05, 0.1) is 13.4 Å². The predicted octanol–water partition coefficient (Wildman–Crippen LogP) is 1.98. The summed E-state index contributed by atoms with van der Waals surface area (Å²) >= 11 is 0. The van der Waals surface area contributed by atoms with Crippen LogP contribution in [0.2, 0.25) is 0 Å². The first-order valence-corrected chi connectivity index (χ1v) is 4.02. The first-order chi connectivity index (χ1) is 6.40. The van der Waals surface area contributed by atoms with Crippen LogP contribution in [0.4, 0.5) is 0 Å². The average Bonchev–Trinajstić information content (AvgIpc) is 2.41. The van der Waals surface area contributed by atoms with Gasteiger partial charge in [-0.1, -0.05) is 0 Å². The van der Waals surface area contributed by atoms with E-state index in [1.54, 1.807) is 19.4 Å². The molecule has 1 aliphatic heterocycles. The Hall–Kier alpha value is -1.64. The van der Waals surface area contributed by atoms with Crippen LogP contribution >= 0.6 is 0 Å². The molecule has 0 bridgehead atoms.